The molecule has 0 saturated carbocycles. The third-order valence-electron chi connectivity index (χ3n) is 6.38. The van der Waals surface area contributed by atoms with Crippen molar-refractivity contribution >= 4 is 25.2 Å². The van der Waals surface area contributed by atoms with Crippen molar-refractivity contribution in [1.29, 1.82) is 0 Å². The number of ether oxygens (including phenoxy) is 2. The molecule has 178 valence electrons. The van der Waals surface area contributed by atoms with Crippen molar-refractivity contribution in [2.75, 3.05) is 11.9 Å². The zero-order valence-corrected chi connectivity index (χ0v) is 20.3. The molecule has 2 aromatic carbocycles. The molecule has 2 aliphatic rings. The predicted octanol–water partition coefficient (Wildman–Crippen LogP) is 5.29. The van der Waals surface area contributed by atoms with Crippen LogP contribution in [0.4, 0.5) is 5.82 Å². The Balaban J connectivity index is 0.00000253. The third-order valence-corrected chi connectivity index (χ3v) is 6.38. The van der Waals surface area contributed by atoms with E-state index >= 15 is 0 Å². The van der Waals surface area contributed by atoms with E-state index in [0.717, 1.165) is 46.1 Å². The number of aromatic nitrogens is 3. The summed E-state index contributed by atoms with van der Waals surface area (Å²) in [7, 11) is 0. The van der Waals surface area contributed by atoms with Crippen LogP contribution in [0.1, 0.15) is 34.9 Å². The monoisotopic (exact) mass is 486 g/mol. The second-order valence-corrected chi connectivity index (χ2v) is 8.82. The van der Waals surface area contributed by atoms with Gasteiger partial charge in [-0.05, 0) is 55.2 Å². The lowest BCUT2D eigenvalue weighted by Gasteiger charge is -2.25. The fourth-order valence-electron chi connectivity index (χ4n) is 4.51. The summed E-state index contributed by atoms with van der Waals surface area (Å²) in [5, 5.41) is 2.82. The highest BCUT2D eigenvalue weighted by Crippen LogP contribution is 2.37. The van der Waals surface area contributed by atoms with Crippen LogP contribution < -0.4 is 14.8 Å². The van der Waals surface area contributed by atoms with Crippen molar-refractivity contribution in [2.24, 2.45) is 0 Å². The lowest BCUT2D eigenvalue weighted by atomic mass is 9.96. The van der Waals surface area contributed by atoms with Crippen molar-refractivity contribution < 1.29 is 14.3 Å². The van der Waals surface area contributed by atoms with E-state index in [1.165, 1.54) is 5.56 Å². The summed E-state index contributed by atoms with van der Waals surface area (Å²) in [6.45, 7) is 2.66. The Bertz CT molecular complexity index is 1380. The van der Waals surface area contributed by atoms with Gasteiger partial charge in [0.25, 0.3) is 0 Å². The van der Waals surface area contributed by atoms with Crippen molar-refractivity contribution in [3.63, 3.8) is 0 Å². The number of carbonyl (C=O) groups excluding carboxylic acids is 1. The topological polar surface area (TPSA) is 89.1 Å². The number of pyridine rings is 1. The molecule has 2 N–H and O–H groups in total. The van der Waals surface area contributed by atoms with Crippen LogP contribution >= 0.6 is 13.5 Å². The van der Waals surface area contributed by atoms with Crippen LogP contribution in [0.5, 0.6) is 17.2 Å². The number of aryl methyl sites for hydroxylation is 1. The number of H-pyrrole nitrogens is 1. The second-order valence-electron chi connectivity index (χ2n) is 8.82. The molecule has 8 heteroatoms. The molecule has 0 unspecified atom stereocenters. The quantitative estimate of drug-likeness (QED) is 0.409. The van der Waals surface area contributed by atoms with E-state index in [2.05, 4.69) is 51.5 Å². The summed E-state index contributed by atoms with van der Waals surface area (Å²) in [5.74, 6) is 3.94. The van der Waals surface area contributed by atoms with Gasteiger partial charge in [0, 0.05) is 18.2 Å². The Morgan fingerprint density at radius 3 is 2.77 bits per heavy atom. The number of rotatable bonds is 4. The standard InChI is InChI=1S/C27H24N4O3.H2S/c1-16-2-4-17(5-3-16)22-14-29-26(30-22)19-12-18-13-20(6-8-23(18)33-15-19)34-24-10-11-28-27-21(24)7-9-25(32)31-27;/h2-6,8,10-11,13-14,19H,7,9,12,15H2,1H3,(H,29,30)(H,28,31,32);1H2/t19-;/m1./s1. The molecule has 4 heterocycles. The molecule has 4 aromatic rings. The van der Waals surface area contributed by atoms with E-state index < -0.39 is 0 Å². The normalized spacial score (nSPS) is 16.3. The molecule has 7 nitrogen and oxygen atoms in total. The molecule has 1 amide bonds. The van der Waals surface area contributed by atoms with E-state index in [4.69, 9.17) is 9.47 Å². The molecule has 0 fully saturated rings. The maximum atomic E-state index is 11.7. The van der Waals surface area contributed by atoms with Crippen LogP contribution in [0.25, 0.3) is 11.3 Å². The Kier molecular flexibility index (Phi) is 6.21. The fraction of sp³-hybridized carbons (Fsp3) is 0.222. The molecule has 0 saturated heterocycles. The maximum Gasteiger partial charge on any atom is 0.225 e. The molecule has 0 bridgehead atoms. The number of hydrogen-bond donors (Lipinski definition) is 2. The van der Waals surface area contributed by atoms with Gasteiger partial charge in [-0.3, -0.25) is 4.79 Å². The van der Waals surface area contributed by atoms with E-state index in [1.54, 1.807) is 6.20 Å². The number of amides is 1. The minimum absolute atomic E-state index is 0. The third kappa shape index (κ3) is 4.61. The number of nitrogens with one attached hydrogen (secondary N) is 2. The van der Waals surface area contributed by atoms with Crippen molar-refractivity contribution in [2.45, 2.75) is 32.1 Å². The molecule has 2 aliphatic heterocycles. The first-order chi connectivity index (χ1) is 16.6. The average Bonchev–Trinajstić information content (AvgIpc) is 3.34. The van der Waals surface area contributed by atoms with Gasteiger partial charge >= 0.3 is 0 Å². The van der Waals surface area contributed by atoms with Crippen LogP contribution in [0.15, 0.2) is 60.9 Å². The Labute approximate surface area is 210 Å². The van der Waals surface area contributed by atoms with Crippen molar-refractivity contribution in [3.05, 3.63) is 83.4 Å². The number of fused-ring (bicyclic) bond motifs is 2. The lowest BCUT2D eigenvalue weighted by molar-refractivity contribution is -0.116. The molecule has 6 rings (SSSR count). The van der Waals surface area contributed by atoms with Crippen LogP contribution in [-0.4, -0.2) is 27.5 Å². The maximum absolute atomic E-state index is 11.7. The number of hydrogen-bond acceptors (Lipinski definition) is 5. The number of anilines is 1. The van der Waals surface area contributed by atoms with Gasteiger partial charge in [-0.25, -0.2) is 9.97 Å². The van der Waals surface area contributed by atoms with Crippen LogP contribution in [0.3, 0.4) is 0 Å². The predicted molar refractivity (Wildman–Crippen MR) is 139 cm³/mol. The molecular weight excluding hydrogens is 460 g/mol. The van der Waals surface area contributed by atoms with Crippen LogP contribution in [0, 0.1) is 6.92 Å². The highest BCUT2D eigenvalue weighted by molar-refractivity contribution is 7.59. The van der Waals surface area contributed by atoms with Crippen LogP contribution in [-0.2, 0) is 17.6 Å². The molecule has 1 atom stereocenters. The average molecular weight is 487 g/mol. The Morgan fingerprint density at radius 1 is 1.06 bits per heavy atom. The van der Waals surface area contributed by atoms with Gasteiger partial charge in [0.2, 0.25) is 5.91 Å². The summed E-state index contributed by atoms with van der Waals surface area (Å²) in [4.78, 5) is 24.1. The summed E-state index contributed by atoms with van der Waals surface area (Å²) in [6.07, 6.45) is 5.39. The summed E-state index contributed by atoms with van der Waals surface area (Å²) in [6, 6.07) is 16.1. The zero-order valence-electron chi connectivity index (χ0n) is 19.3. The smallest absolute Gasteiger partial charge is 0.225 e. The largest absolute Gasteiger partial charge is 0.493 e. The van der Waals surface area contributed by atoms with Gasteiger partial charge in [0.15, 0.2) is 0 Å². The first kappa shape index (κ1) is 23.0. The SMILES string of the molecule is Cc1ccc(-c2cnc([C@H]3COc4ccc(Oc5ccnc6c5CCC(=O)N6)cc4C3)[nH]2)cc1.S. The Hall–Kier alpha value is -3.78. The minimum atomic E-state index is -0.0161. The summed E-state index contributed by atoms with van der Waals surface area (Å²) < 4.78 is 12.3. The van der Waals surface area contributed by atoms with E-state index in [-0.39, 0.29) is 25.3 Å². The second kappa shape index (κ2) is 9.46. The number of imidazole rings is 1. The molecular formula is C27H26N4O3S. The molecule has 0 radical (unpaired) electrons. The minimum Gasteiger partial charge on any atom is -0.493 e. The molecule has 0 spiro atoms. The van der Waals surface area contributed by atoms with E-state index in [0.29, 0.717) is 31.0 Å². The van der Waals surface area contributed by atoms with Gasteiger partial charge < -0.3 is 19.8 Å². The van der Waals surface area contributed by atoms with Gasteiger partial charge in [-0.2, -0.15) is 13.5 Å². The molecule has 35 heavy (non-hydrogen) atoms. The van der Waals surface area contributed by atoms with E-state index in [9.17, 15) is 4.79 Å². The number of carbonyl (C=O) groups is 1. The zero-order chi connectivity index (χ0) is 23.1. The summed E-state index contributed by atoms with van der Waals surface area (Å²) >= 11 is 0. The van der Waals surface area contributed by atoms with Crippen molar-refractivity contribution in [1.82, 2.24) is 15.0 Å². The van der Waals surface area contributed by atoms with Gasteiger partial charge in [0.05, 0.1) is 24.4 Å². The van der Waals surface area contributed by atoms with Crippen LogP contribution in [0.2, 0.25) is 0 Å². The first-order valence-corrected chi connectivity index (χ1v) is 11.5. The Morgan fingerprint density at radius 2 is 1.91 bits per heavy atom. The van der Waals surface area contributed by atoms with Gasteiger partial charge in [0.1, 0.15) is 28.9 Å². The fourth-order valence-corrected chi connectivity index (χ4v) is 4.51. The lowest BCUT2D eigenvalue weighted by Crippen LogP contribution is -2.20. The number of aromatic amines is 1. The molecule has 0 aliphatic carbocycles. The first-order valence-electron chi connectivity index (χ1n) is 11.5. The number of nitrogens with zero attached hydrogens (tertiary/aromatic N) is 2. The van der Waals surface area contributed by atoms with E-state index in [1.807, 2.05) is 30.5 Å². The highest BCUT2D eigenvalue weighted by Gasteiger charge is 2.25. The summed E-state index contributed by atoms with van der Waals surface area (Å²) in [5.41, 5.74) is 5.36. The van der Waals surface area contributed by atoms with Gasteiger partial charge in [-0.1, -0.05) is 29.8 Å². The van der Waals surface area contributed by atoms with Gasteiger partial charge in [-0.15, -0.1) is 0 Å². The molecule has 2 aromatic heterocycles. The van der Waals surface area contributed by atoms with Crippen molar-refractivity contribution in [3.8, 4) is 28.5 Å². The highest BCUT2D eigenvalue weighted by atomic mass is 32.1. The number of benzene rings is 2.